The fourth-order valence-corrected chi connectivity index (χ4v) is 2.36. The molecule has 0 radical (unpaired) electrons. The van der Waals surface area contributed by atoms with Crippen molar-refractivity contribution in [3.8, 4) is 5.82 Å². The first-order valence-electron chi connectivity index (χ1n) is 5.52. The number of aromatic nitrogens is 3. The predicted octanol–water partition coefficient (Wildman–Crippen LogP) is 2.80. The van der Waals surface area contributed by atoms with E-state index >= 15 is 0 Å². The lowest BCUT2D eigenvalue weighted by molar-refractivity contribution is 0.654. The molecule has 0 aliphatic heterocycles. The Labute approximate surface area is 99.1 Å². The fraction of sp³-hybridized carbons (Fsp3) is 0.333. The molecule has 2 aromatic heterocycles. The molecule has 0 amide bonds. The smallest absolute Gasteiger partial charge is 0.139 e. The Bertz CT molecular complexity index is 519. The van der Waals surface area contributed by atoms with Gasteiger partial charge in [0, 0.05) is 5.69 Å². The molecule has 82 valence electrons. The van der Waals surface area contributed by atoms with Crippen molar-refractivity contribution in [3.05, 3.63) is 41.1 Å². The molecule has 0 aromatic carbocycles. The minimum atomic E-state index is 0.524. The number of hydrogen-bond donors (Lipinski definition) is 0. The van der Waals surface area contributed by atoms with E-state index in [1.54, 1.807) is 6.07 Å². The van der Waals surface area contributed by atoms with Gasteiger partial charge in [0.05, 0.1) is 5.69 Å². The zero-order valence-corrected chi connectivity index (χ0v) is 9.61. The number of halogens is 1. The zero-order valence-electron chi connectivity index (χ0n) is 8.86. The molecule has 4 heteroatoms. The van der Waals surface area contributed by atoms with Crippen molar-refractivity contribution in [1.82, 2.24) is 14.5 Å². The monoisotopic (exact) mass is 233 g/mol. The first kappa shape index (κ1) is 9.85. The highest BCUT2D eigenvalue weighted by molar-refractivity contribution is 6.29. The van der Waals surface area contributed by atoms with Gasteiger partial charge in [-0.1, -0.05) is 17.7 Å². The van der Waals surface area contributed by atoms with Crippen molar-refractivity contribution >= 4 is 11.6 Å². The lowest BCUT2D eigenvalue weighted by Gasteiger charge is -2.13. The Kier molecular flexibility index (Phi) is 2.40. The summed E-state index contributed by atoms with van der Waals surface area (Å²) in [5.41, 5.74) is 2.51. The fourth-order valence-electron chi connectivity index (χ4n) is 2.20. The Morgan fingerprint density at radius 3 is 2.94 bits per heavy atom. The van der Waals surface area contributed by atoms with Crippen LogP contribution in [0.2, 0.25) is 5.15 Å². The maximum Gasteiger partial charge on any atom is 0.139 e. The van der Waals surface area contributed by atoms with E-state index in [2.05, 4.69) is 14.5 Å². The third-order valence-corrected chi connectivity index (χ3v) is 3.19. The van der Waals surface area contributed by atoms with Crippen molar-refractivity contribution in [1.29, 1.82) is 0 Å². The molecule has 0 N–H and O–H groups in total. The summed E-state index contributed by atoms with van der Waals surface area (Å²) >= 11 is 5.90. The first-order chi connectivity index (χ1) is 7.84. The molecule has 2 aromatic rings. The molecule has 2 heterocycles. The van der Waals surface area contributed by atoms with Crippen LogP contribution in [0.4, 0.5) is 0 Å². The van der Waals surface area contributed by atoms with Crippen LogP contribution in [0.3, 0.4) is 0 Å². The quantitative estimate of drug-likeness (QED) is 0.710. The van der Waals surface area contributed by atoms with Gasteiger partial charge < -0.3 is 0 Å². The van der Waals surface area contributed by atoms with Crippen molar-refractivity contribution < 1.29 is 0 Å². The summed E-state index contributed by atoms with van der Waals surface area (Å²) in [4.78, 5) is 8.75. The molecule has 0 spiro atoms. The van der Waals surface area contributed by atoms with Crippen molar-refractivity contribution in [3.63, 3.8) is 0 Å². The normalized spacial score (nSPS) is 14.8. The molecule has 1 aliphatic rings. The number of aryl methyl sites for hydroxylation is 1. The van der Waals surface area contributed by atoms with E-state index in [1.165, 1.54) is 24.2 Å². The number of imidazole rings is 1. The van der Waals surface area contributed by atoms with Crippen LogP contribution in [0.25, 0.3) is 5.82 Å². The van der Waals surface area contributed by atoms with E-state index in [9.17, 15) is 0 Å². The van der Waals surface area contributed by atoms with E-state index in [-0.39, 0.29) is 0 Å². The van der Waals surface area contributed by atoms with Crippen LogP contribution in [0.1, 0.15) is 24.2 Å². The van der Waals surface area contributed by atoms with Gasteiger partial charge in [0.1, 0.15) is 17.3 Å². The molecular weight excluding hydrogens is 222 g/mol. The van der Waals surface area contributed by atoms with Gasteiger partial charge >= 0.3 is 0 Å². The van der Waals surface area contributed by atoms with E-state index in [1.807, 2.05) is 18.5 Å². The summed E-state index contributed by atoms with van der Waals surface area (Å²) in [5, 5.41) is 0.524. The van der Waals surface area contributed by atoms with Crippen LogP contribution in [0, 0.1) is 0 Å². The molecule has 3 rings (SSSR count). The molecular formula is C12H12ClN3. The SMILES string of the molecule is Clc1cccc(-n2cnc3c2CCCC3)n1. The summed E-state index contributed by atoms with van der Waals surface area (Å²) in [7, 11) is 0. The van der Waals surface area contributed by atoms with E-state index in [4.69, 9.17) is 11.6 Å². The highest BCUT2D eigenvalue weighted by atomic mass is 35.5. The van der Waals surface area contributed by atoms with Crippen molar-refractivity contribution in [2.24, 2.45) is 0 Å². The topological polar surface area (TPSA) is 30.7 Å². The number of nitrogens with zero attached hydrogens (tertiary/aromatic N) is 3. The number of rotatable bonds is 1. The van der Waals surface area contributed by atoms with E-state index in [0.29, 0.717) is 5.15 Å². The number of fused-ring (bicyclic) bond motifs is 1. The van der Waals surface area contributed by atoms with Crippen LogP contribution < -0.4 is 0 Å². The molecule has 0 fully saturated rings. The largest absolute Gasteiger partial charge is 0.287 e. The zero-order chi connectivity index (χ0) is 11.0. The van der Waals surface area contributed by atoms with Crippen molar-refractivity contribution in [2.75, 3.05) is 0 Å². The predicted molar refractivity (Wildman–Crippen MR) is 63.0 cm³/mol. The van der Waals surface area contributed by atoms with Gasteiger partial charge in [0.15, 0.2) is 0 Å². The van der Waals surface area contributed by atoms with Crippen LogP contribution in [-0.2, 0) is 12.8 Å². The summed E-state index contributed by atoms with van der Waals surface area (Å²) in [5.74, 6) is 0.864. The Morgan fingerprint density at radius 2 is 2.06 bits per heavy atom. The second-order valence-electron chi connectivity index (χ2n) is 4.03. The summed E-state index contributed by atoms with van der Waals surface area (Å²) in [6, 6.07) is 5.66. The molecule has 0 unspecified atom stereocenters. The first-order valence-corrected chi connectivity index (χ1v) is 5.90. The maximum atomic E-state index is 5.90. The summed E-state index contributed by atoms with van der Waals surface area (Å²) < 4.78 is 2.06. The van der Waals surface area contributed by atoms with Gasteiger partial charge in [-0.25, -0.2) is 9.97 Å². The molecule has 0 saturated carbocycles. The minimum absolute atomic E-state index is 0.524. The lowest BCUT2D eigenvalue weighted by atomic mass is 10.0. The molecule has 0 bridgehead atoms. The summed E-state index contributed by atoms with van der Waals surface area (Å²) in [6.07, 6.45) is 6.51. The Hall–Kier alpha value is -1.35. The average molecular weight is 234 g/mol. The highest BCUT2D eigenvalue weighted by Crippen LogP contribution is 2.22. The van der Waals surface area contributed by atoms with Crippen molar-refractivity contribution in [2.45, 2.75) is 25.7 Å². The second kappa shape index (κ2) is 3.91. The van der Waals surface area contributed by atoms with Crippen LogP contribution >= 0.6 is 11.6 Å². The van der Waals surface area contributed by atoms with E-state index < -0.39 is 0 Å². The van der Waals surface area contributed by atoms with Crippen LogP contribution in [-0.4, -0.2) is 14.5 Å². The standard InChI is InChI=1S/C12H12ClN3/c13-11-6-3-7-12(15-11)16-8-14-9-4-1-2-5-10(9)16/h3,6-8H,1-2,4-5H2. The maximum absolute atomic E-state index is 5.90. The number of pyridine rings is 1. The average Bonchev–Trinajstić information content (AvgIpc) is 2.72. The van der Waals surface area contributed by atoms with Gasteiger partial charge in [-0.2, -0.15) is 0 Å². The lowest BCUT2D eigenvalue weighted by Crippen LogP contribution is -2.07. The van der Waals surface area contributed by atoms with Crippen LogP contribution in [0.5, 0.6) is 0 Å². The Morgan fingerprint density at radius 1 is 1.19 bits per heavy atom. The minimum Gasteiger partial charge on any atom is -0.287 e. The molecule has 3 nitrogen and oxygen atoms in total. The van der Waals surface area contributed by atoms with Crippen LogP contribution in [0.15, 0.2) is 24.5 Å². The molecule has 0 atom stereocenters. The van der Waals surface area contributed by atoms with Gasteiger partial charge in [-0.05, 0) is 37.8 Å². The van der Waals surface area contributed by atoms with Gasteiger partial charge in [-0.15, -0.1) is 0 Å². The van der Waals surface area contributed by atoms with Gasteiger partial charge in [-0.3, -0.25) is 4.57 Å². The summed E-state index contributed by atoms with van der Waals surface area (Å²) in [6.45, 7) is 0. The second-order valence-corrected chi connectivity index (χ2v) is 4.42. The molecule has 0 saturated heterocycles. The molecule has 1 aliphatic carbocycles. The highest BCUT2D eigenvalue weighted by Gasteiger charge is 2.16. The number of hydrogen-bond acceptors (Lipinski definition) is 2. The third-order valence-electron chi connectivity index (χ3n) is 2.98. The van der Waals surface area contributed by atoms with Gasteiger partial charge in [0.25, 0.3) is 0 Å². The van der Waals surface area contributed by atoms with E-state index in [0.717, 1.165) is 18.7 Å². The van der Waals surface area contributed by atoms with Gasteiger partial charge in [0.2, 0.25) is 0 Å². The molecule has 16 heavy (non-hydrogen) atoms. The third kappa shape index (κ3) is 1.61. The Balaban J connectivity index is 2.09.